The number of hydrogen-bond acceptors (Lipinski definition) is 6. The van der Waals surface area contributed by atoms with Crippen LogP contribution in [0.25, 0.3) is 11.3 Å². The minimum Gasteiger partial charge on any atom is -0.489 e. The highest BCUT2D eigenvalue weighted by Crippen LogP contribution is 2.25. The SMILES string of the molecule is Cc1noc(C)c1COc1cccc(-c2n[nH]nc2C(N)=O)c1. The highest BCUT2D eigenvalue weighted by Gasteiger charge is 2.16. The Balaban J connectivity index is 1.83. The van der Waals surface area contributed by atoms with Crippen LogP contribution in [-0.4, -0.2) is 26.5 Å². The summed E-state index contributed by atoms with van der Waals surface area (Å²) in [5.41, 5.74) is 8.15. The Morgan fingerprint density at radius 1 is 1.35 bits per heavy atom. The van der Waals surface area contributed by atoms with Crippen LogP contribution in [0.4, 0.5) is 0 Å². The third-order valence-electron chi connectivity index (χ3n) is 3.45. The number of nitrogens with one attached hydrogen (secondary N) is 1. The molecule has 0 saturated carbocycles. The van der Waals surface area contributed by atoms with Gasteiger partial charge >= 0.3 is 0 Å². The number of amides is 1. The van der Waals surface area contributed by atoms with Gasteiger partial charge in [0.15, 0.2) is 5.69 Å². The monoisotopic (exact) mass is 313 g/mol. The van der Waals surface area contributed by atoms with Crippen LogP contribution in [-0.2, 0) is 6.61 Å². The summed E-state index contributed by atoms with van der Waals surface area (Å²) in [5, 5.41) is 14.0. The predicted molar refractivity (Wildman–Crippen MR) is 80.6 cm³/mol. The molecule has 8 heteroatoms. The first-order valence-electron chi connectivity index (χ1n) is 6.92. The fourth-order valence-electron chi connectivity index (χ4n) is 2.20. The van der Waals surface area contributed by atoms with Crippen LogP contribution in [0.5, 0.6) is 5.75 Å². The van der Waals surface area contributed by atoms with Crippen LogP contribution in [0.1, 0.15) is 27.5 Å². The molecule has 1 aromatic carbocycles. The van der Waals surface area contributed by atoms with E-state index in [9.17, 15) is 4.79 Å². The van der Waals surface area contributed by atoms with Crippen LogP contribution in [0.15, 0.2) is 28.8 Å². The third-order valence-corrected chi connectivity index (χ3v) is 3.45. The molecule has 0 aliphatic carbocycles. The van der Waals surface area contributed by atoms with Crippen molar-refractivity contribution >= 4 is 5.91 Å². The normalized spacial score (nSPS) is 10.7. The summed E-state index contributed by atoms with van der Waals surface area (Å²) in [5.74, 6) is 0.711. The summed E-state index contributed by atoms with van der Waals surface area (Å²) in [6.45, 7) is 4.04. The van der Waals surface area contributed by atoms with Crippen molar-refractivity contribution in [2.75, 3.05) is 0 Å². The second-order valence-electron chi connectivity index (χ2n) is 5.00. The van der Waals surface area contributed by atoms with Crippen molar-refractivity contribution in [1.29, 1.82) is 0 Å². The van der Waals surface area contributed by atoms with Gasteiger partial charge in [0.2, 0.25) is 0 Å². The van der Waals surface area contributed by atoms with Crippen molar-refractivity contribution in [3.63, 3.8) is 0 Å². The number of benzene rings is 1. The Kier molecular flexibility index (Phi) is 3.80. The number of carbonyl (C=O) groups excluding carboxylic acids is 1. The molecule has 2 aromatic heterocycles. The Morgan fingerprint density at radius 2 is 2.17 bits per heavy atom. The lowest BCUT2D eigenvalue weighted by Gasteiger charge is -2.07. The molecule has 2 heterocycles. The maximum atomic E-state index is 11.3. The zero-order chi connectivity index (χ0) is 16.4. The fraction of sp³-hybridized carbons (Fsp3) is 0.200. The van der Waals surface area contributed by atoms with E-state index >= 15 is 0 Å². The predicted octanol–water partition coefficient (Wildman–Crippen LogP) is 1.75. The zero-order valence-electron chi connectivity index (χ0n) is 12.7. The average molecular weight is 313 g/mol. The molecule has 0 saturated heterocycles. The molecule has 0 unspecified atom stereocenters. The molecule has 1 amide bonds. The Labute approximate surface area is 131 Å². The van der Waals surface area contributed by atoms with Crippen LogP contribution in [0.3, 0.4) is 0 Å². The van der Waals surface area contributed by atoms with Gasteiger partial charge in [0.25, 0.3) is 5.91 Å². The van der Waals surface area contributed by atoms with Crippen molar-refractivity contribution in [2.24, 2.45) is 5.73 Å². The van der Waals surface area contributed by atoms with Gasteiger partial charge in [-0.25, -0.2) is 0 Å². The van der Waals surface area contributed by atoms with Gasteiger partial charge in [-0.15, -0.1) is 0 Å². The Hall–Kier alpha value is -3.16. The Morgan fingerprint density at radius 3 is 2.87 bits per heavy atom. The fourth-order valence-corrected chi connectivity index (χ4v) is 2.20. The van der Waals surface area contributed by atoms with Gasteiger partial charge < -0.3 is 15.0 Å². The molecule has 8 nitrogen and oxygen atoms in total. The summed E-state index contributed by atoms with van der Waals surface area (Å²) in [7, 11) is 0. The number of rotatable bonds is 5. The van der Waals surface area contributed by atoms with E-state index in [1.165, 1.54) is 0 Å². The zero-order valence-corrected chi connectivity index (χ0v) is 12.7. The van der Waals surface area contributed by atoms with Crippen molar-refractivity contribution in [1.82, 2.24) is 20.6 Å². The van der Waals surface area contributed by atoms with E-state index in [0.717, 1.165) is 17.0 Å². The molecule has 3 aromatic rings. The first kappa shape index (κ1) is 14.8. The summed E-state index contributed by atoms with van der Waals surface area (Å²) < 4.78 is 10.9. The Bertz CT molecular complexity index is 833. The molecule has 0 spiro atoms. The summed E-state index contributed by atoms with van der Waals surface area (Å²) in [4.78, 5) is 11.3. The number of nitrogens with zero attached hydrogens (tertiary/aromatic N) is 3. The number of carbonyl (C=O) groups is 1. The first-order chi connectivity index (χ1) is 11.1. The van der Waals surface area contributed by atoms with Gasteiger partial charge in [0.1, 0.15) is 23.8 Å². The highest BCUT2D eigenvalue weighted by atomic mass is 16.5. The topological polar surface area (TPSA) is 120 Å². The van der Waals surface area contributed by atoms with Gasteiger partial charge in [0, 0.05) is 5.56 Å². The molecule has 23 heavy (non-hydrogen) atoms. The van der Waals surface area contributed by atoms with Gasteiger partial charge in [-0.1, -0.05) is 17.3 Å². The summed E-state index contributed by atoms with van der Waals surface area (Å²) in [6, 6.07) is 7.18. The molecule has 0 aliphatic rings. The number of aromatic amines is 1. The van der Waals surface area contributed by atoms with E-state index in [0.29, 0.717) is 23.6 Å². The van der Waals surface area contributed by atoms with E-state index < -0.39 is 5.91 Å². The van der Waals surface area contributed by atoms with Crippen LogP contribution in [0.2, 0.25) is 0 Å². The van der Waals surface area contributed by atoms with E-state index in [-0.39, 0.29) is 5.69 Å². The first-order valence-corrected chi connectivity index (χ1v) is 6.92. The number of aryl methyl sites for hydroxylation is 2. The number of aromatic nitrogens is 4. The number of hydrogen-bond donors (Lipinski definition) is 2. The van der Waals surface area contributed by atoms with Gasteiger partial charge in [0.05, 0.1) is 11.3 Å². The highest BCUT2D eigenvalue weighted by molar-refractivity contribution is 5.96. The van der Waals surface area contributed by atoms with Gasteiger partial charge in [-0.05, 0) is 26.0 Å². The number of nitrogens with two attached hydrogens (primary N) is 1. The maximum Gasteiger partial charge on any atom is 0.271 e. The van der Waals surface area contributed by atoms with Crippen molar-refractivity contribution in [3.8, 4) is 17.0 Å². The van der Waals surface area contributed by atoms with Crippen molar-refractivity contribution in [2.45, 2.75) is 20.5 Å². The quantitative estimate of drug-likeness (QED) is 0.740. The van der Waals surface area contributed by atoms with Crippen LogP contribution in [0, 0.1) is 13.8 Å². The molecule has 0 bridgehead atoms. The lowest BCUT2D eigenvalue weighted by molar-refractivity contribution is 0.0996. The molecule has 0 fully saturated rings. The summed E-state index contributed by atoms with van der Waals surface area (Å²) in [6.07, 6.45) is 0. The van der Waals surface area contributed by atoms with Crippen molar-refractivity contribution < 1.29 is 14.1 Å². The molecule has 0 radical (unpaired) electrons. The van der Waals surface area contributed by atoms with Gasteiger partial charge in [-0.3, -0.25) is 4.79 Å². The molecule has 0 aliphatic heterocycles. The van der Waals surface area contributed by atoms with E-state index in [4.69, 9.17) is 15.0 Å². The average Bonchev–Trinajstić information content (AvgIpc) is 3.14. The minimum absolute atomic E-state index is 0.0906. The van der Waals surface area contributed by atoms with E-state index in [1.807, 2.05) is 19.9 Å². The second-order valence-corrected chi connectivity index (χ2v) is 5.00. The molecular formula is C15H15N5O3. The number of primary amides is 1. The van der Waals surface area contributed by atoms with Crippen LogP contribution < -0.4 is 10.5 Å². The lowest BCUT2D eigenvalue weighted by Crippen LogP contribution is -2.12. The van der Waals surface area contributed by atoms with Crippen molar-refractivity contribution in [3.05, 3.63) is 47.0 Å². The molecule has 118 valence electrons. The minimum atomic E-state index is -0.643. The lowest BCUT2D eigenvalue weighted by atomic mass is 10.1. The van der Waals surface area contributed by atoms with E-state index in [1.54, 1.807) is 18.2 Å². The molecule has 3 N–H and O–H groups in total. The molecule has 0 atom stereocenters. The largest absolute Gasteiger partial charge is 0.489 e. The molecular weight excluding hydrogens is 298 g/mol. The number of H-pyrrole nitrogens is 1. The van der Waals surface area contributed by atoms with Crippen LogP contribution >= 0.6 is 0 Å². The van der Waals surface area contributed by atoms with Gasteiger partial charge in [-0.2, -0.15) is 15.4 Å². The number of ether oxygens (including phenoxy) is 1. The summed E-state index contributed by atoms with van der Waals surface area (Å²) >= 11 is 0. The second kappa shape index (κ2) is 5.91. The molecule has 3 rings (SSSR count). The standard InChI is InChI=1S/C15H15N5O3/c1-8-12(9(2)23-19-8)7-22-11-5-3-4-10(6-11)13-14(15(16)21)18-20-17-13/h3-6H,7H2,1-2H3,(H2,16,21)(H,17,18,20). The van der Waals surface area contributed by atoms with E-state index in [2.05, 4.69) is 20.6 Å². The third kappa shape index (κ3) is 2.91. The maximum absolute atomic E-state index is 11.3. The smallest absolute Gasteiger partial charge is 0.271 e.